The van der Waals surface area contributed by atoms with Gasteiger partial charge in [0.1, 0.15) is 5.52 Å². The van der Waals surface area contributed by atoms with Crippen LogP contribution in [0.4, 0.5) is 5.13 Å². The quantitative estimate of drug-likeness (QED) is 0.705. The van der Waals surface area contributed by atoms with Crippen LogP contribution in [0.2, 0.25) is 0 Å². The summed E-state index contributed by atoms with van der Waals surface area (Å²) in [6.45, 7) is 4.10. The number of nitrogens with one attached hydrogen (secondary N) is 1. The van der Waals surface area contributed by atoms with Crippen LogP contribution in [0.3, 0.4) is 0 Å². The molecule has 0 atom stereocenters. The van der Waals surface area contributed by atoms with Crippen LogP contribution < -0.4 is 5.32 Å². The molecule has 0 bridgehead atoms. The number of nitrogens with zero attached hydrogens (tertiary/aromatic N) is 2. The second kappa shape index (κ2) is 6.17. The van der Waals surface area contributed by atoms with Crippen molar-refractivity contribution in [3.05, 3.63) is 46.8 Å². The van der Waals surface area contributed by atoms with E-state index in [1.807, 2.05) is 24.3 Å². The van der Waals surface area contributed by atoms with Gasteiger partial charge in [-0.1, -0.05) is 37.3 Å². The Morgan fingerprint density at radius 3 is 2.88 bits per heavy atom. The molecular weight excluding hydrogens is 350 g/mol. The summed E-state index contributed by atoms with van der Waals surface area (Å²) >= 11 is 1.23. The first-order valence-corrected chi connectivity index (χ1v) is 9.09. The normalized spacial score (nSPS) is 16.2. The summed E-state index contributed by atoms with van der Waals surface area (Å²) in [6.07, 6.45) is 4.10. The zero-order valence-corrected chi connectivity index (χ0v) is 15.2. The van der Waals surface area contributed by atoms with Crippen molar-refractivity contribution in [3.63, 3.8) is 0 Å². The number of rotatable bonds is 3. The Bertz CT molecular complexity index is 1010. The lowest BCUT2D eigenvalue weighted by molar-refractivity contribution is -0.111. The number of hydrogen-bond acceptors (Lipinski definition) is 6. The minimum absolute atomic E-state index is 0.0910. The van der Waals surface area contributed by atoms with Gasteiger partial charge in [-0.15, -0.1) is 0 Å². The molecule has 1 N–H and O–H groups in total. The summed E-state index contributed by atoms with van der Waals surface area (Å²) in [7, 11) is 0. The molecule has 3 aromatic rings. The van der Waals surface area contributed by atoms with Gasteiger partial charge in [0, 0.05) is 18.6 Å². The lowest BCUT2D eigenvalue weighted by Crippen LogP contribution is -2.26. The van der Waals surface area contributed by atoms with Gasteiger partial charge in [0.2, 0.25) is 11.8 Å². The number of para-hydroxylation sites is 2. The third-order valence-electron chi connectivity index (χ3n) is 4.15. The van der Waals surface area contributed by atoms with E-state index in [-0.39, 0.29) is 17.1 Å². The first-order valence-electron chi connectivity index (χ1n) is 8.27. The Morgan fingerprint density at radius 1 is 1.27 bits per heavy atom. The second-order valence-corrected chi connectivity index (χ2v) is 8.08. The van der Waals surface area contributed by atoms with Crippen molar-refractivity contribution in [2.45, 2.75) is 26.7 Å². The summed E-state index contributed by atoms with van der Waals surface area (Å²) in [5.41, 5.74) is 2.09. The van der Waals surface area contributed by atoms with Gasteiger partial charge >= 0.3 is 0 Å². The van der Waals surface area contributed by atoms with E-state index in [1.165, 1.54) is 23.5 Å². The molecule has 1 aliphatic rings. The minimum Gasteiger partial charge on any atom is -0.437 e. The Labute approximate surface area is 154 Å². The molecule has 0 radical (unpaired) electrons. The minimum atomic E-state index is -0.343. The molecule has 0 fully saturated rings. The summed E-state index contributed by atoms with van der Waals surface area (Å²) in [6, 6.07) is 7.39. The fourth-order valence-electron chi connectivity index (χ4n) is 3.03. The van der Waals surface area contributed by atoms with E-state index in [0.29, 0.717) is 27.9 Å². The van der Waals surface area contributed by atoms with E-state index in [0.717, 1.165) is 17.6 Å². The lowest BCUT2D eigenvalue weighted by atomic mass is 9.78. The van der Waals surface area contributed by atoms with Crippen LogP contribution in [-0.2, 0) is 11.2 Å². The van der Waals surface area contributed by atoms with Gasteiger partial charge in [-0.25, -0.2) is 9.97 Å². The predicted molar refractivity (Wildman–Crippen MR) is 100 cm³/mol. The summed E-state index contributed by atoms with van der Waals surface area (Å²) in [5, 5.41) is 3.15. The monoisotopic (exact) mass is 367 g/mol. The van der Waals surface area contributed by atoms with Crippen LogP contribution in [0, 0.1) is 5.41 Å². The first kappa shape index (κ1) is 16.7. The van der Waals surface area contributed by atoms with Crippen molar-refractivity contribution in [3.8, 4) is 0 Å². The number of fused-ring (bicyclic) bond motifs is 2. The van der Waals surface area contributed by atoms with E-state index < -0.39 is 0 Å². The molecule has 6 nitrogen and oxygen atoms in total. The maximum atomic E-state index is 12.2. The largest absolute Gasteiger partial charge is 0.437 e. The molecule has 0 aliphatic heterocycles. The molecule has 1 aliphatic carbocycles. The fraction of sp³-hybridized carbons (Fsp3) is 0.263. The third-order valence-corrected chi connectivity index (χ3v) is 5.21. The molecule has 2 aromatic heterocycles. The lowest BCUT2D eigenvalue weighted by Gasteiger charge is -2.26. The van der Waals surface area contributed by atoms with Crippen molar-refractivity contribution < 1.29 is 14.0 Å². The zero-order chi connectivity index (χ0) is 18.3. The topological polar surface area (TPSA) is 85.1 Å². The average molecular weight is 367 g/mol. The number of hydrogen-bond donors (Lipinski definition) is 1. The summed E-state index contributed by atoms with van der Waals surface area (Å²) in [4.78, 5) is 33.7. The van der Waals surface area contributed by atoms with E-state index in [9.17, 15) is 9.59 Å². The molecule has 0 unspecified atom stereocenters. The number of ketones is 1. The van der Waals surface area contributed by atoms with Crippen LogP contribution in [0.5, 0.6) is 0 Å². The number of aromatic nitrogens is 2. The van der Waals surface area contributed by atoms with Crippen LogP contribution in [0.25, 0.3) is 17.2 Å². The Kier molecular flexibility index (Phi) is 3.96. The van der Waals surface area contributed by atoms with Crippen molar-refractivity contribution in [2.24, 2.45) is 5.41 Å². The number of benzene rings is 1. The highest BCUT2D eigenvalue weighted by Crippen LogP contribution is 2.38. The van der Waals surface area contributed by atoms with Crippen molar-refractivity contribution in [2.75, 3.05) is 5.32 Å². The number of thiazole rings is 1. The molecule has 0 saturated carbocycles. The molecule has 4 rings (SSSR count). The molecule has 0 spiro atoms. The summed E-state index contributed by atoms with van der Waals surface area (Å²) < 4.78 is 5.54. The van der Waals surface area contributed by atoms with Gasteiger partial charge in [-0.3, -0.25) is 14.9 Å². The molecule has 0 saturated heterocycles. The van der Waals surface area contributed by atoms with Gasteiger partial charge in [-0.2, -0.15) is 0 Å². The van der Waals surface area contributed by atoms with E-state index in [2.05, 4.69) is 29.1 Å². The maximum Gasteiger partial charge on any atom is 0.250 e. The van der Waals surface area contributed by atoms with Crippen molar-refractivity contribution in [1.29, 1.82) is 0 Å². The number of oxazole rings is 1. The molecular formula is C19H17N3O3S. The van der Waals surface area contributed by atoms with Crippen molar-refractivity contribution >= 4 is 45.3 Å². The SMILES string of the molecule is CC1(C)CC(=O)c2sc(NC(=O)C=Cc3nc4ccccc4o3)nc2C1. The number of Topliss-reactive ketones (excluding diaryl/α,β-unsaturated/α-hetero) is 1. The number of amides is 1. The van der Waals surface area contributed by atoms with Crippen molar-refractivity contribution in [1.82, 2.24) is 9.97 Å². The fourth-order valence-corrected chi connectivity index (χ4v) is 3.95. The second-order valence-electron chi connectivity index (χ2n) is 7.08. The Morgan fingerprint density at radius 2 is 2.08 bits per heavy atom. The number of anilines is 1. The highest BCUT2D eigenvalue weighted by atomic mass is 32.1. The van der Waals surface area contributed by atoms with Gasteiger partial charge in [0.15, 0.2) is 16.5 Å². The van der Waals surface area contributed by atoms with E-state index >= 15 is 0 Å². The molecule has 1 amide bonds. The number of carbonyl (C=O) groups is 2. The van der Waals surface area contributed by atoms with Gasteiger partial charge in [0.05, 0.1) is 10.6 Å². The average Bonchev–Trinajstić information content (AvgIpc) is 3.15. The Balaban J connectivity index is 1.48. The molecule has 132 valence electrons. The zero-order valence-electron chi connectivity index (χ0n) is 14.4. The van der Waals surface area contributed by atoms with Gasteiger partial charge in [0.25, 0.3) is 0 Å². The van der Waals surface area contributed by atoms with Crippen LogP contribution in [0.1, 0.15) is 41.5 Å². The highest BCUT2D eigenvalue weighted by molar-refractivity contribution is 7.17. The molecule has 1 aromatic carbocycles. The van der Waals surface area contributed by atoms with E-state index in [1.54, 1.807) is 0 Å². The molecule has 7 heteroatoms. The van der Waals surface area contributed by atoms with Crippen LogP contribution >= 0.6 is 11.3 Å². The standard InChI is InChI=1S/C19H17N3O3S/c1-19(2)9-12-17(13(23)10-19)26-18(21-12)22-15(24)7-8-16-20-11-5-3-4-6-14(11)25-16/h3-8H,9-10H2,1-2H3,(H,21,22,24). The molecule has 26 heavy (non-hydrogen) atoms. The van der Waals surface area contributed by atoms with Gasteiger partial charge < -0.3 is 4.42 Å². The smallest absolute Gasteiger partial charge is 0.250 e. The Hall–Kier alpha value is -2.80. The van der Waals surface area contributed by atoms with Crippen LogP contribution in [-0.4, -0.2) is 21.7 Å². The maximum absolute atomic E-state index is 12.2. The van der Waals surface area contributed by atoms with Gasteiger partial charge in [-0.05, 0) is 24.0 Å². The van der Waals surface area contributed by atoms with E-state index in [4.69, 9.17) is 4.42 Å². The molecule has 2 heterocycles. The van der Waals surface area contributed by atoms with Crippen LogP contribution in [0.15, 0.2) is 34.8 Å². The number of carbonyl (C=O) groups excluding carboxylic acids is 2. The summed E-state index contributed by atoms with van der Waals surface area (Å²) in [5.74, 6) is 0.109. The third kappa shape index (κ3) is 3.30. The predicted octanol–water partition coefficient (Wildman–Crippen LogP) is 4.09. The first-order chi connectivity index (χ1) is 12.4. The highest BCUT2D eigenvalue weighted by Gasteiger charge is 2.33.